The monoisotopic (exact) mass is 397 g/mol. The number of carbonyl (C=O) groups excluding carboxylic acids is 2. The lowest BCUT2D eigenvalue weighted by Gasteiger charge is -2.21. The van der Waals surface area contributed by atoms with Crippen molar-refractivity contribution in [2.24, 2.45) is 0 Å². The molecule has 0 aliphatic carbocycles. The molecule has 1 fully saturated rings. The largest absolute Gasteiger partial charge is 0.463 e. The van der Waals surface area contributed by atoms with Gasteiger partial charge in [0, 0.05) is 44.1 Å². The third-order valence-electron chi connectivity index (χ3n) is 4.11. The van der Waals surface area contributed by atoms with E-state index >= 15 is 0 Å². The molecular weight excluding hydrogens is 370 g/mol. The number of nitrogens with zero attached hydrogens (tertiary/aromatic N) is 1. The van der Waals surface area contributed by atoms with Crippen molar-refractivity contribution in [1.82, 2.24) is 14.9 Å². The number of nitrogens with one attached hydrogen (secondary N) is 2. The molecule has 0 radical (unpaired) electrons. The van der Waals surface area contributed by atoms with E-state index in [0.717, 1.165) is 0 Å². The lowest BCUT2D eigenvalue weighted by atomic mass is 10.1. The summed E-state index contributed by atoms with van der Waals surface area (Å²) < 4.78 is 17.3. The van der Waals surface area contributed by atoms with Gasteiger partial charge < -0.3 is 19.5 Å². The second-order valence-corrected chi connectivity index (χ2v) is 7.74. The van der Waals surface area contributed by atoms with Crippen LogP contribution in [0.2, 0.25) is 0 Å². The van der Waals surface area contributed by atoms with Gasteiger partial charge in [0.1, 0.15) is 25.0 Å². The molecule has 1 saturated heterocycles. The van der Waals surface area contributed by atoms with Crippen LogP contribution in [0, 0.1) is 0 Å². The minimum Gasteiger partial charge on any atom is -0.463 e. The van der Waals surface area contributed by atoms with Gasteiger partial charge in [-0.05, 0) is 20.8 Å². The fourth-order valence-electron chi connectivity index (χ4n) is 2.79. The maximum Gasteiger partial charge on any atom is 0.330 e. The average Bonchev–Trinajstić information content (AvgIpc) is 2.93. The number of rotatable bonds is 6. The molecule has 2 N–H and O–H groups in total. The zero-order valence-corrected chi connectivity index (χ0v) is 16.7. The van der Waals surface area contributed by atoms with E-state index in [9.17, 15) is 19.2 Å². The van der Waals surface area contributed by atoms with Crippen LogP contribution in [-0.4, -0.2) is 45.8 Å². The minimum atomic E-state index is -0.775. The van der Waals surface area contributed by atoms with Gasteiger partial charge in [-0.2, -0.15) is 0 Å². The van der Waals surface area contributed by atoms with Crippen LogP contribution in [0.4, 0.5) is 0 Å². The van der Waals surface area contributed by atoms with E-state index in [0.29, 0.717) is 5.56 Å². The fraction of sp³-hybridized carbons (Fsp3) is 0.667. The Labute approximate surface area is 162 Å². The van der Waals surface area contributed by atoms with Crippen molar-refractivity contribution in [1.29, 1.82) is 0 Å². The van der Waals surface area contributed by atoms with Crippen LogP contribution in [0.1, 0.15) is 52.8 Å². The Morgan fingerprint density at radius 2 is 1.96 bits per heavy atom. The molecule has 0 aromatic carbocycles. The van der Waals surface area contributed by atoms with Crippen LogP contribution in [-0.2, 0) is 30.3 Å². The molecule has 28 heavy (non-hydrogen) atoms. The molecule has 0 bridgehead atoms. The van der Waals surface area contributed by atoms with Crippen molar-refractivity contribution < 1.29 is 23.8 Å². The Balaban J connectivity index is 2.25. The normalized spacial score (nSPS) is 22.1. The number of carbonyl (C=O) groups is 2. The Bertz CT molecular complexity index is 837. The lowest BCUT2D eigenvalue weighted by Crippen LogP contribution is -2.39. The first-order valence-corrected chi connectivity index (χ1v) is 9.01. The number of hydrogen-bond acceptors (Lipinski definition) is 8. The Morgan fingerprint density at radius 3 is 2.54 bits per heavy atom. The van der Waals surface area contributed by atoms with Gasteiger partial charge in [0.15, 0.2) is 0 Å². The number of aromatic nitrogens is 2. The molecule has 10 heteroatoms. The van der Waals surface area contributed by atoms with Crippen molar-refractivity contribution in [2.75, 3.05) is 6.61 Å². The zero-order valence-electron chi connectivity index (χ0n) is 16.7. The summed E-state index contributed by atoms with van der Waals surface area (Å²) in [6.45, 7) is 8.55. The number of H-pyrrole nitrogens is 1. The Morgan fingerprint density at radius 1 is 1.29 bits per heavy atom. The van der Waals surface area contributed by atoms with Crippen molar-refractivity contribution >= 4 is 11.9 Å². The van der Waals surface area contributed by atoms with Crippen LogP contribution in [0.15, 0.2) is 15.8 Å². The summed E-state index contributed by atoms with van der Waals surface area (Å²) in [6.07, 6.45) is -0.556. The highest BCUT2D eigenvalue weighted by molar-refractivity contribution is 5.66. The van der Waals surface area contributed by atoms with E-state index in [2.05, 4.69) is 10.3 Å². The summed E-state index contributed by atoms with van der Waals surface area (Å²) in [6, 6.07) is 0. The molecule has 156 valence electrons. The molecule has 1 aliphatic heterocycles. The first kappa shape index (κ1) is 21.8. The second-order valence-electron chi connectivity index (χ2n) is 7.74. The third kappa shape index (κ3) is 6.03. The highest BCUT2D eigenvalue weighted by Gasteiger charge is 2.39. The molecule has 3 atom stereocenters. The van der Waals surface area contributed by atoms with Gasteiger partial charge >= 0.3 is 17.6 Å². The highest BCUT2D eigenvalue weighted by Crippen LogP contribution is 2.30. The van der Waals surface area contributed by atoms with Crippen LogP contribution in [0.5, 0.6) is 0 Å². The topological polar surface area (TPSA) is 129 Å². The quantitative estimate of drug-likeness (QED) is 0.652. The number of ether oxygens (including phenoxy) is 3. The fourth-order valence-corrected chi connectivity index (χ4v) is 2.79. The average molecular weight is 397 g/mol. The molecule has 2 heterocycles. The molecule has 1 aromatic rings. The minimum absolute atomic E-state index is 0.111. The van der Waals surface area contributed by atoms with Gasteiger partial charge in [-0.15, -0.1) is 0 Å². The van der Waals surface area contributed by atoms with E-state index in [1.807, 2.05) is 20.8 Å². The molecule has 0 amide bonds. The molecule has 1 aliphatic rings. The summed E-state index contributed by atoms with van der Waals surface area (Å²) in [5.74, 6) is -1.00. The molecule has 2 rings (SSSR count). The number of esters is 2. The first-order valence-electron chi connectivity index (χ1n) is 9.01. The molecule has 0 spiro atoms. The van der Waals surface area contributed by atoms with Crippen molar-refractivity contribution in [3.63, 3.8) is 0 Å². The third-order valence-corrected chi connectivity index (χ3v) is 4.11. The van der Waals surface area contributed by atoms with Crippen molar-refractivity contribution in [2.45, 2.75) is 71.6 Å². The SMILES string of the molecule is CC(=O)OC[C@H]1O[C@@H](n2cc(CNC(C)(C)C)c(=O)[nH]c2=O)C[C@@H]1OC(C)=O. The van der Waals surface area contributed by atoms with E-state index in [1.54, 1.807) is 0 Å². The zero-order chi connectivity index (χ0) is 21.1. The molecule has 0 saturated carbocycles. The summed E-state index contributed by atoms with van der Waals surface area (Å²) in [5, 5.41) is 3.19. The maximum atomic E-state index is 12.3. The summed E-state index contributed by atoms with van der Waals surface area (Å²) >= 11 is 0. The van der Waals surface area contributed by atoms with Crippen molar-refractivity contribution in [3.8, 4) is 0 Å². The van der Waals surface area contributed by atoms with E-state index in [1.165, 1.54) is 24.6 Å². The Kier molecular flexibility index (Phi) is 6.78. The molecule has 10 nitrogen and oxygen atoms in total. The summed E-state index contributed by atoms with van der Waals surface area (Å²) in [5.41, 5.74) is -0.967. The van der Waals surface area contributed by atoms with Crippen LogP contribution in [0.25, 0.3) is 0 Å². The predicted octanol–water partition coefficient (Wildman–Crippen LogP) is 0.207. The maximum absolute atomic E-state index is 12.3. The van der Waals surface area contributed by atoms with Crippen LogP contribution >= 0.6 is 0 Å². The lowest BCUT2D eigenvalue weighted by molar-refractivity contribution is -0.155. The standard InChI is InChI=1S/C18H27N3O7/c1-10(22)26-9-14-13(27-11(2)23)6-15(28-14)21-8-12(7-19-18(3,4)5)16(24)20-17(21)25/h8,13-15,19H,6-7,9H2,1-5H3,(H,20,24,25)/t13-,14+,15+/m0/s1. The van der Waals surface area contributed by atoms with Crippen molar-refractivity contribution in [3.05, 3.63) is 32.6 Å². The van der Waals surface area contributed by atoms with Gasteiger partial charge in [0.25, 0.3) is 5.56 Å². The van der Waals surface area contributed by atoms with Crippen LogP contribution in [0.3, 0.4) is 0 Å². The summed E-state index contributed by atoms with van der Waals surface area (Å²) in [4.78, 5) is 49.1. The number of hydrogen-bond donors (Lipinski definition) is 2. The van der Waals surface area contributed by atoms with Gasteiger partial charge in [0.05, 0.1) is 0 Å². The van der Waals surface area contributed by atoms with Gasteiger partial charge in [0.2, 0.25) is 0 Å². The molecule has 1 aromatic heterocycles. The molecular formula is C18H27N3O7. The predicted molar refractivity (Wildman–Crippen MR) is 98.6 cm³/mol. The van der Waals surface area contributed by atoms with Gasteiger partial charge in [-0.25, -0.2) is 4.79 Å². The van der Waals surface area contributed by atoms with Crippen LogP contribution < -0.4 is 16.6 Å². The number of aromatic amines is 1. The molecule has 0 unspecified atom stereocenters. The van der Waals surface area contributed by atoms with E-state index in [-0.39, 0.29) is 25.1 Å². The smallest absolute Gasteiger partial charge is 0.330 e. The van der Waals surface area contributed by atoms with Gasteiger partial charge in [-0.1, -0.05) is 0 Å². The summed E-state index contributed by atoms with van der Waals surface area (Å²) in [7, 11) is 0. The van der Waals surface area contributed by atoms with E-state index < -0.39 is 41.6 Å². The van der Waals surface area contributed by atoms with Gasteiger partial charge in [-0.3, -0.25) is 23.9 Å². The Hall–Kier alpha value is -2.46. The second kappa shape index (κ2) is 8.70. The first-order chi connectivity index (χ1) is 13.0. The highest BCUT2D eigenvalue weighted by atomic mass is 16.6. The van der Waals surface area contributed by atoms with E-state index in [4.69, 9.17) is 14.2 Å².